The van der Waals surface area contributed by atoms with E-state index in [9.17, 15) is 9.59 Å². The van der Waals surface area contributed by atoms with Crippen LogP contribution in [0.5, 0.6) is 0 Å². The lowest BCUT2D eigenvalue weighted by molar-refractivity contribution is -0.143. The summed E-state index contributed by atoms with van der Waals surface area (Å²) < 4.78 is 1.57. The molecular formula is C12H19N5O3. The third-order valence-electron chi connectivity index (χ3n) is 3.53. The predicted molar refractivity (Wildman–Crippen MR) is 69.8 cm³/mol. The van der Waals surface area contributed by atoms with Gasteiger partial charge in [-0.1, -0.05) is 0 Å². The maximum Gasteiger partial charge on any atom is 0.318 e. The van der Waals surface area contributed by atoms with E-state index in [1.165, 1.54) is 0 Å². The Bertz CT molecular complexity index is 501. The van der Waals surface area contributed by atoms with Crippen LogP contribution >= 0.6 is 0 Å². The minimum absolute atomic E-state index is 0.0819. The van der Waals surface area contributed by atoms with Crippen LogP contribution in [-0.4, -0.2) is 49.4 Å². The zero-order chi connectivity index (χ0) is 14.7. The number of nitrogens with one attached hydrogen (secondary N) is 1. The molecule has 1 fully saturated rings. The summed E-state index contributed by atoms with van der Waals surface area (Å²) in [5.41, 5.74) is 0. The Morgan fingerprint density at radius 2 is 2.30 bits per heavy atom. The zero-order valence-corrected chi connectivity index (χ0v) is 11.6. The first-order valence-corrected chi connectivity index (χ1v) is 6.59. The van der Waals surface area contributed by atoms with Crippen LogP contribution in [0.4, 0.5) is 4.79 Å². The van der Waals surface area contributed by atoms with Crippen molar-refractivity contribution in [2.45, 2.75) is 32.4 Å². The molecule has 20 heavy (non-hydrogen) atoms. The summed E-state index contributed by atoms with van der Waals surface area (Å²) in [5, 5.41) is 15.8. The fourth-order valence-corrected chi connectivity index (χ4v) is 2.42. The number of carboxylic acids is 1. The van der Waals surface area contributed by atoms with E-state index in [0.29, 0.717) is 25.2 Å². The van der Waals surface area contributed by atoms with Gasteiger partial charge in [-0.05, 0) is 19.8 Å². The molecule has 2 N–H and O–H groups in total. The topological polar surface area (TPSA) is 100 Å². The van der Waals surface area contributed by atoms with E-state index in [-0.39, 0.29) is 24.5 Å². The first kappa shape index (κ1) is 14.3. The lowest BCUT2D eigenvalue weighted by Crippen LogP contribution is -2.50. The quantitative estimate of drug-likeness (QED) is 0.825. The van der Waals surface area contributed by atoms with Crippen LogP contribution in [0.1, 0.15) is 25.6 Å². The first-order chi connectivity index (χ1) is 9.47. The van der Waals surface area contributed by atoms with E-state index in [1.807, 2.05) is 6.92 Å². The number of aryl methyl sites for hydroxylation is 1. The van der Waals surface area contributed by atoms with Gasteiger partial charge in [0, 0.05) is 19.6 Å². The lowest BCUT2D eigenvalue weighted by atomic mass is 9.92. The minimum atomic E-state index is -0.783. The number of amides is 2. The Morgan fingerprint density at radius 3 is 2.85 bits per heavy atom. The molecule has 1 aromatic rings. The van der Waals surface area contributed by atoms with Gasteiger partial charge >= 0.3 is 12.0 Å². The minimum Gasteiger partial charge on any atom is -0.481 e. The third-order valence-corrected chi connectivity index (χ3v) is 3.53. The molecule has 1 saturated heterocycles. The van der Waals surface area contributed by atoms with Crippen LogP contribution in [0, 0.1) is 5.92 Å². The average molecular weight is 281 g/mol. The van der Waals surface area contributed by atoms with Crippen LogP contribution in [0.3, 0.4) is 0 Å². The summed E-state index contributed by atoms with van der Waals surface area (Å²) in [6, 6.07) is -0.282. The first-order valence-electron chi connectivity index (χ1n) is 6.59. The van der Waals surface area contributed by atoms with Crippen molar-refractivity contribution >= 4 is 12.0 Å². The van der Waals surface area contributed by atoms with Gasteiger partial charge in [0.25, 0.3) is 0 Å². The Morgan fingerprint density at radius 1 is 1.55 bits per heavy atom. The van der Waals surface area contributed by atoms with Crippen molar-refractivity contribution in [3.05, 3.63) is 12.2 Å². The molecule has 0 saturated carbocycles. The van der Waals surface area contributed by atoms with E-state index >= 15 is 0 Å². The molecule has 8 heteroatoms. The summed E-state index contributed by atoms with van der Waals surface area (Å²) in [5.74, 6) is -0.588. The van der Waals surface area contributed by atoms with Crippen LogP contribution in [0.25, 0.3) is 0 Å². The largest absolute Gasteiger partial charge is 0.481 e. The maximum absolute atomic E-state index is 12.1. The number of hydrogen-bond donors (Lipinski definition) is 2. The van der Waals surface area contributed by atoms with Gasteiger partial charge in [-0.15, -0.1) is 0 Å². The number of carboxylic acid groups (broad SMARTS) is 1. The molecule has 0 spiro atoms. The second-order valence-electron chi connectivity index (χ2n) is 5.10. The van der Waals surface area contributed by atoms with Gasteiger partial charge in [0.15, 0.2) is 5.82 Å². The number of aliphatic carboxylic acids is 1. The second-order valence-corrected chi connectivity index (χ2v) is 5.10. The number of aromatic nitrogens is 3. The molecule has 0 aromatic carbocycles. The molecule has 2 rings (SSSR count). The van der Waals surface area contributed by atoms with Gasteiger partial charge < -0.3 is 15.3 Å². The lowest BCUT2D eigenvalue weighted by Gasteiger charge is -2.36. The molecule has 1 aliphatic rings. The van der Waals surface area contributed by atoms with Crippen molar-refractivity contribution in [2.24, 2.45) is 13.0 Å². The van der Waals surface area contributed by atoms with Gasteiger partial charge in [-0.25, -0.2) is 9.78 Å². The third kappa shape index (κ3) is 3.25. The number of likely N-dealkylation sites (tertiary alicyclic amines) is 1. The molecule has 1 aromatic heterocycles. The highest BCUT2D eigenvalue weighted by atomic mass is 16.4. The molecule has 0 radical (unpaired) electrons. The molecule has 0 aliphatic carbocycles. The molecule has 2 heterocycles. The van der Waals surface area contributed by atoms with Gasteiger partial charge in [0.1, 0.15) is 6.33 Å². The highest BCUT2D eigenvalue weighted by molar-refractivity contribution is 5.75. The number of piperidine rings is 1. The predicted octanol–water partition coefficient (Wildman–Crippen LogP) is 0.210. The van der Waals surface area contributed by atoms with E-state index in [0.717, 1.165) is 0 Å². The second kappa shape index (κ2) is 5.89. The van der Waals surface area contributed by atoms with Gasteiger partial charge in [0.05, 0.1) is 12.5 Å². The number of nitrogens with zero attached hydrogens (tertiary/aromatic N) is 4. The number of hydrogen-bond acceptors (Lipinski definition) is 4. The average Bonchev–Trinajstić information content (AvgIpc) is 2.81. The van der Waals surface area contributed by atoms with Crippen molar-refractivity contribution in [3.8, 4) is 0 Å². The Balaban J connectivity index is 1.85. The monoisotopic (exact) mass is 281 g/mol. The number of carbonyl (C=O) groups is 2. The van der Waals surface area contributed by atoms with Crippen molar-refractivity contribution in [3.63, 3.8) is 0 Å². The van der Waals surface area contributed by atoms with E-state index in [1.54, 1.807) is 23.0 Å². The van der Waals surface area contributed by atoms with Crippen molar-refractivity contribution in [1.82, 2.24) is 25.0 Å². The maximum atomic E-state index is 12.1. The summed E-state index contributed by atoms with van der Waals surface area (Å²) in [6.45, 7) is 2.60. The van der Waals surface area contributed by atoms with E-state index in [2.05, 4.69) is 15.4 Å². The van der Waals surface area contributed by atoms with Crippen LogP contribution in [0.15, 0.2) is 6.33 Å². The Hall–Kier alpha value is -2.12. The molecule has 2 amide bonds. The zero-order valence-electron chi connectivity index (χ0n) is 11.6. The van der Waals surface area contributed by atoms with Crippen LogP contribution in [-0.2, 0) is 18.4 Å². The van der Waals surface area contributed by atoms with E-state index in [4.69, 9.17) is 5.11 Å². The highest BCUT2D eigenvalue weighted by Gasteiger charge is 2.32. The molecular weight excluding hydrogens is 262 g/mol. The molecule has 8 nitrogen and oxygen atoms in total. The fraction of sp³-hybridized carbons (Fsp3) is 0.667. The molecule has 1 aliphatic heterocycles. The van der Waals surface area contributed by atoms with Crippen molar-refractivity contribution in [1.29, 1.82) is 0 Å². The van der Waals surface area contributed by atoms with Gasteiger partial charge in [-0.2, -0.15) is 5.10 Å². The summed E-state index contributed by atoms with van der Waals surface area (Å²) >= 11 is 0. The molecule has 2 atom stereocenters. The number of urea groups is 1. The van der Waals surface area contributed by atoms with Gasteiger partial charge in [0.2, 0.25) is 0 Å². The number of carbonyl (C=O) groups excluding carboxylic acids is 1. The van der Waals surface area contributed by atoms with Crippen molar-refractivity contribution in [2.75, 3.05) is 6.54 Å². The molecule has 0 bridgehead atoms. The van der Waals surface area contributed by atoms with Crippen LogP contribution < -0.4 is 5.32 Å². The molecule has 2 unspecified atom stereocenters. The SMILES string of the molecule is CC1CC(C(=O)O)CCN1C(=O)NCc1ncn(C)n1. The normalized spacial score (nSPS) is 22.6. The summed E-state index contributed by atoms with van der Waals surface area (Å²) in [7, 11) is 1.76. The molecule has 110 valence electrons. The Kier molecular flexibility index (Phi) is 4.21. The number of rotatable bonds is 3. The standard InChI is InChI=1S/C12H19N5O3/c1-8-5-9(11(18)19)3-4-17(8)12(20)13-6-10-14-7-16(2)15-10/h7-9H,3-6H2,1-2H3,(H,13,20)(H,18,19). The van der Waals surface area contributed by atoms with Crippen molar-refractivity contribution < 1.29 is 14.7 Å². The Labute approximate surface area is 116 Å². The smallest absolute Gasteiger partial charge is 0.318 e. The fourth-order valence-electron chi connectivity index (χ4n) is 2.42. The van der Waals surface area contributed by atoms with E-state index < -0.39 is 5.97 Å². The summed E-state index contributed by atoms with van der Waals surface area (Å²) in [6.07, 6.45) is 2.56. The highest BCUT2D eigenvalue weighted by Crippen LogP contribution is 2.22. The van der Waals surface area contributed by atoms with Crippen LogP contribution in [0.2, 0.25) is 0 Å². The summed E-state index contributed by atoms with van der Waals surface area (Å²) in [4.78, 5) is 28.7. The van der Waals surface area contributed by atoms with Gasteiger partial charge in [-0.3, -0.25) is 9.48 Å².